The van der Waals surface area contributed by atoms with Crippen molar-refractivity contribution in [3.8, 4) is 0 Å². The zero-order valence-electron chi connectivity index (χ0n) is 9.05. The molecule has 0 aromatic heterocycles. The smallest absolute Gasteiger partial charge is 0.129 e. The summed E-state index contributed by atoms with van der Waals surface area (Å²) in [4.78, 5) is 0. The fraction of sp³-hybridized carbons (Fsp3) is 0.455. The third-order valence-corrected chi connectivity index (χ3v) is 2.94. The first kappa shape index (κ1) is 14.9. The maximum Gasteiger partial charge on any atom is 0.129 e. The number of halogens is 3. The molecule has 2 N–H and O–H groups in total. The summed E-state index contributed by atoms with van der Waals surface area (Å²) in [5.41, 5.74) is 6.41. The summed E-state index contributed by atoms with van der Waals surface area (Å²) in [5, 5.41) is 0. The van der Waals surface area contributed by atoms with E-state index in [9.17, 15) is 4.39 Å². The summed E-state index contributed by atoms with van der Waals surface area (Å²) >= 11 is 3.32. The van der Waals surface area contributed by atoms with Gasteiger partial charge in [-0.05, 0) is 17.5 Å². The molecule has 0 radical (unpaired) electrons. The third-order valence-electron chi connectivity index (χ3n) is 2.24. The van der Waals surface area contributed by atoms with Gasteiger partial charge in [-0.15, -0.1) is 12.4 Å². The first-order chi connectivity index (χ1) is 6.34. The highest BCUT2D eigenvalue weighted by atomic mass is 79.9. The molecular formula is C11H16BrClFN. The van der Waals surface area contributed by atoms with Gasteiger partial charge in [-0.25, -0.2) is 4.39 Å². The number of nitrogens with two attached hydrogens (primary N) is 1. The van der Waals surface area contributed by atoms with Crippen molar-refractivity contribution >= 4 is 28.3 Å². The van der Waals surface area contributed by atoms with Gasteiger partial charge in [0.25, 0.3) is 0 Å². The zero-order chi connectivity index (χ0) is 10.9. The van der Waals surface area contributed by atoms with Crippen molar-refractivity contribution in [2.24, 2.45) is 11.1 Å². The number of hydrogen-bond donors (Lipinski definition) is 1. The molecular weight excluding hydrogens is 280 g/mol. The van der Waals surface area contributed by atoms with Crippen molar-refractivity contribution in [2.45, 2.75) is 26.8 Å². The van der Waals surface area contributed by atoms with Crippen molar-refractivity contribution < 1.29 is 4.39 Å². The summed E-state index contributed by atoms with van der Waals surface area (Å²) in [5.74, 6) is -0.248. The van der Waals surface area contributed by atoms with Crippen molar-refractivity contribution in [3.63, 3.8) is 0 Å². The monoisotopic (exact) mass is 295 g/mol. The normalized spacial score (nSPS) is 13.2. The molecule has 0 aliphatic rings. The van der Waals surface area contributed by atoms with E-state index >= 15 is 0 Å². The molecule has 4 heteroatoms. The molecule has 0 aliphatic heterocycles. The highest BCUT2D eigenvalue weighted by Crippen LogP contribution is 2.35. The third kappa shape index (κ3) is 3.44. The minimum absolute atomic E-state index is 0. The molecule has 0 heterocycles. The van der Waals surface area contributed by atoms with Crippen LogP contribution in [0.4, 0.5) is 4.39 Å². The second-order valence-corrected chi connectivity index (χ2v) is 5.33. The largest absolute Gasteiger partial charge is 0.323 e. The lowest BCUT2D eigenvalue weighted by atomic mass is 9.83. The van der Waals surface area contributed by atoms with Crippen molar-refractivity contribution in [1.82, 2.24) is 0 Å². The van der Waals surface area contributed by atoms with E-state index in [0.717, 1.165) is 4.47 Å². The Morgan fingerprint density at radius 2 is 1.87 bits per heavy atom. The molecule has 1 aromatic carbocycles. The molecule has 0 saturated carbocycles. The number of hydrogen-bond acceptors (Lipinski definition) is 1. The zero-order valence-corrected chi connectivity index (χ0v) is 11.5. The first-order valence-electron chi connectivity index (χ1n) is 4.53. The molecule has 0 unspecified atom stereocenters. The molecule has 0 spiro atoms. The first-order valence-corrected chi connectivity index (χ1v) is 5.33. The summed E-state index contributed by atoms with van der Waals surface area (Å²) < 4.78 is 14.3. The average Bonchev–Trinajstić information content (AvgIpc) is 2.01. The topological polar surface area (TPSA) is 26.0 Å². The van der Waals surface area contributed by atoms with Crippen LogP contribution in [0.1, 0.15) is 32.4 Å². The molecule has 15 heavy (non-hydrogen) atoms. The van der Waals surface area contributed by atoms with E-state index in [-0.39, 0.29) is 29.7 Å². The Hall–Kier alpha value is -0.120. The maximum atomic E-state index is 13.5. The number of benzene rings is 1. The SMILES string of the molecule is CC(C)(C)[C@@H](N)c1c(F)cccc1Br.Cl. The Morgan fingerprint density at radius 1 is 1.33 bits per heavy atom. The van der Waals surface area contributed by atoms with Crippen LogP contribution in [0.3, 0.4) is 0 Å². The lowest BCUT2D eigenvalue weighted by Gasteiger charge is -2.28. The number of rotatable bonds is 1. The van der Waals surface area contributed by atoms with Crippen LogP contribution in [0.5, 0.6) is 0 Å². The summed E-state index contributed by atoms with van der Waals surface area (Å²) in [6, 6.07) is 4.60. The second kappa shape index (κ2) is 5.28. The van der Waals surface area contributed by atoms with Gasteiger partial charge in [0.1, 0.15) is 5.82 Å². The fourth-order valence-electron chi connectivity index (χ4n) is 1.24. The molecule has 0 aliphatic carbocycles. The van der Waals surface area contributed by atoms with Crippen LogP contribution in [0, 0.1) is 11.2 Å². The Morgan fingerprint density at radius 3 is 2.27 bits per heavy atom. The quantitative estimate of drug-likeness (QED) is 0.831. The molecule has 1 rings (SSSR count). The second-order valence-electron chi connectivity index (χ2n) is 4.48. The van der Waals surface area contributed by atoms with Crippen LogP contribution in [0.2, 0.25) is 0 Å². The lowest BCUT2D eigenvalue weighted by Crippen LogP contribution is -2.27. The van der Waals surface area contributed by atoms with E-state index in [1.165, 1.54) is 6.07 Å². The van der Waals surface area contributed by atoms with E-state index in [1.54, 1.807) is 6.07 Å². The van der Waals surface area contributed by atoms with Gasteiger partial charge < -0.3 is 5.73 Å². The van der Waals surface area contributed by atoms with Crippen molar-refractivity contribution in [1.29, 1.82) is 0 Å². The lowest BCUT2D eigenvalue weighted by molar-refractivity contribution is 0.318. The van der Waals surface area contributed by atoms with Gasteiger partial charge in [-0.2, -0.15) is 0 Å². The van der Waals surface area contributed by atoms with Gasteiger partial charge in [-0.1, -0.05) is 42.8 Å². The maximum absolute atomic E-state index is 13.5. The highest BCUT2D eigenvalue weighted by Gasteiger charge is 2.26. The summed E-state index contributed by atoms with van der Waals surface area (Å²) in [6.07, 6.45) is 0. The Kier molecular flexibility index (Phi) is 5.24. The van der Waals surface area contributed by atoms with Gasteiger partial charge in [0.15, 0.2) is 0 Å². The predicted molar refractivity (Wildman–Crippen MR) is 67.7 cm³/mol. The predicted octanol–water partition coefficient (Wildman–Crippen LogP) is 4.06. The van der Waals surface area contributed by atoms with Gasteiger partial charge >= 0.3 is 0 Å². The fourth-order valence-corrected chi connectivity index (χ4v) is 1.83. The highest BCUT2D eigenvalue weighted by molar-refractivity contribution is 9.10. The molecule has 1 nitrogen and oxygen atoms in total. The molecule has 1 atom stereocenters. The van der Waals surface area contributed by atoms with Crippen molar-refractivity contribution in [3.05, 3.63) is 34.1 Å². The Bertz CT molecular complexity index is 316. The van der Waals surface area contributed by atoms with E-state index < -0.39 is 0 Å². The molecule has 0 bridgehead atoms. The molecule has 0 saturated heterocycles. The minimum Gasteiger partial charge on any atom is -0.323 e. The van der Waals surface area contributed by atoms with Crippen molar-refractivity contribution in [2.75, 3.05) is 0 Å². The van der Waals surface area contributed by atoms with Gasteiger partial charge in [-0.3, -0.25) is 0 Å². The van der Waals surface area contributed by atoms with E-state index in [4.69, 9.17) is 5.73 Å². The Labute approximate surface area is 105 Å². The van der Waals surface area contributed by atoms with Crippen LogP contribution in [0.15, 0.2) is 22.7 Å². The van der Waals surface area contributed by atoms with Crippen LogP contribution in [0.25, 0.3) is 0 Å². The minimum atomic E-state index is -0.307. The van der Waals surface area contributed by atoms with Crippen LogP contribution in [-0.4, -0.2) is 0 Å². The van der Waals surface area contributed by atoms with E-state index in [0.29, 0.717) is 5.56 Å². The summed E-state index contributed by atoms with van der Waals surface area (Å²) in [6.45, 7) is 5.99. The molecule has 0 amide bonds. The Balaban J connectivity index is 0.00000196. The van der Waals surface area contributed by atoms with E-state index in [1.807, 2.05) is 26.8 Å². The standard InChI is InChI=1S/C11H15BrFN.ClH/c1-11(2,3)10(14)9-7(12)5-4-6-8(9)13;/h4-6,10H,14H2,1-3H3;1H/t10-;/m0./s1. The van der Waals surface area contributed by atoms with Gasteiger partial charge in [0.05, 0.1) is 0 Å². The summed E-state index contributed by atoms with van der Waals surface area (Å²) in [7, 11) is 0. The van der Waals surface area contributed by atoms with Crippen LogP contribution in [-0.2, 0) is 0 Å². The molecule has 86 valence electrons. The van der Waals surface area contributed by atoms with Crippen LogP contribution < -0.4 is 5.73 Å². The molecule has 1 aromatic rings. The average molecular weight is 297 g/mol. The van der Waals surface area contributed by atoms with Crippen LogP contribution >= 0.6 is 28.3 Å². The van der Waals surface area contributed by atoms with E-state index in [2.05, 4.69) is 15.9 Å². The van der Waals surface area contributed by atoms with Gasteiger partial charge in [0, 0.05) is 16.1 Å². The molecule has 0 fully saturated rings. The van der Waals surface area contributed by atoms with Gasteiger partial charge in [0.2, 0.25) is 0 Å².